The Hall–Kier alpha value is -2.08. The summed E-state index contributed by atoms with van der Waals surface area (Å²) in [6.07, 6.45) is 1.42. The first-order valence-electron chi connectivity index (χ1n) is 6.63. The van der Waals surface area contributed by atoms with Crippen LogP contribution in [0.3, 0.4) is 0 Å². The van der Waals surface area contributed by atoms with Crippen molar-refractivity contribution in [2.24, 2.45) is 0 Å². The fourth-order valence-corrected chi connectivity index (χ4v) is 2.63. The van der Waals surface area contributed by atoms with Crippen LogP contribution in [-0.4, -0.2) is 22.5 Å². The van der Waals surface area contributed by atoms with Crippen LogP contribution in [0.4, 0.5) is 5.82 Å². The Bertz CT molecular complexity index is 620. The molecular formula is C15H17N3O2S. The maximum Gasteiger partial charge on any atom is 0.343 e. The topological polar surface area (TPSA) is 78.1 Å². The highest BCUT2D eigenvalue weighted by Crippen LogP contribution is 2.32. The van der Waals surface area contributed by atoms with Crippen LogP contribution in [0.25, 0.3) is 0 Å². The van der Waals surface area contributed by atoms with Gasteiger partial charge in [-0.25, -0.2) is 14.8 Å². The van der Waals surface area contributed by atoms with Crippen molar-refractivity contribution >= 4 is 23.5 Å². The number of nitrogens with two attached hydrogens (primary N) is 1. The average Bonchev–Trinajstić information content (AvgIpc) is 2.48. The van der Waals surface area contributed by atoms with E-state index in [2.05, 4.69) is 16.9 Å². The average molecular weight is 303 g/mol. The number of carbonyl (C=O) groups excluding carboxylic acids is 1. The van der Waals surface area contributed by atoms with Crippen LogP contribution in [0.1, 0.15) is 35.0 Å². The quantitative estimate of drug-likeness (QED) is 0.519. The third-order valence-corrected chi connectivity index (χ3v) is 3.88. The van der Waals surface area contributed by atoms with Crippen LogP contribution in [0.5, 0.6) is 0 Å². The predicted molar refractivity (Wildman–Crippen MR) is 83.1 cm³/mol. The van der Waals surface area contributed by atoms with Crippen LogP contribution < -0.4 is 5.73 Å². The molecule has 21 heavy (non-hydrogen) atoms. The molecule has 0 radical (unpaired) electrons. The molecule has 6 heteroatoms. The predicted octanol–water partition coefficient (Wildman–Crippen LogP) is 3.09. The van der Waals surface area contributed by atoms with Crippen molar-refractivity contribution in [3.8, 4) is 0 Å². The molecule has 0 saturated carbocycles. The summed E-state index contributed by atoms with van der Waals surface area (Å²) in [5, 5.41) is 0.732. The zero-order chi connectivity index (χ0) is 15.2. The number of nitrogens with zero attached hydrogens (tertiary/aromatic N) is 2. The molecule has 0 saturated heterocycles. The maximum atomic E-state index is 11.6. The van der Waals surface area contributed by atoms with E-state index in [0.717, 1.165) is 0 Å². The van der Waals surface area contributed by atoms with Crippen molar-refractivity contribution in [2.75, 3.05) is 12.3 Å². The minimum atomic E-state index is -0.498. The molecule has 110 valence electrons. The zero-order valence-corrected chi connectivity index (χ0v) is 12.8. The first kappa shape index (κ1) is 15.3. The molecule has 5 nitrogen and oxygen atoms in total. The summed E-state index contributed by atoms with van der Waals surface area (Å²) in [6, 6.07) is 10.1. The number of carbonyl (C=O) groups is 1. The lowest BCUT2D eigenvalue weighted by Crippen LogP contribution is -2.10. The molecule has 0 amide bonds. The normalized spacial score (nSPS) is 11.9. The number of rotatable bonds is 5. The zero-order valence-electron chi connectivity index (χ0n) is 11.9. The number of esters is 1. The molecule has 0 bridgehead atoms. The van der Waals surface area contributed by atoms with E-state index in [-0.39, 0.29) is 16.6 Å². The Morgan fingerprint density at radius 1 is 1.38 bits per heavy atom. The molecule has 0 spiro atoms. The van der Waals surface area contributed by atoms with Gasteiger partial charge >= 0.3 is 5.97 Å². The lowest BCUT2D eigenvalue weighted by molar-refractivity contribution is 0.0526. The standard InChI is InChI=1S/C15H17N3O2S/c1-3-20-14(19)12-9-17-15(18-13(12)16)21-10(2)11-7-5-4-6-8-11/h4-10H,3H2,1-2H3,(H2,16,17,18)/t10-/m1/s1. The Labute approximate surface area is 127 Å². The van der Waals surface area contributed by atoms with Crippen molar-refractivity contribution in [3.63, 3.8) is 0 Å². The smallest absolute Gasteiger partial charge is 0.343 e. The Morgan fingerprint density at radius 3 is 2.71 bits per heavy atom. The molecule has 0 fully saturated rings. The Morgan fingerprint density at radius 2 is 2.10 bits per heavy atom. The van der Waals surface area contributed by atoms with E-state index >= 15 is 0 Å². The van der Waals surface area contributed by atoms with E-state index in [9.17, 15) is 4.79 Å². The molecule has 0 aliphatic heterocycles. The number of benzene rings is 1. The van der Waals surface area contributed by atoms with Gasteiger partial charge in [0.25, 0.3) is 0 Å². The van der Waals surface area contributed by atoms with E-state index in [4.69, 9.17) is 10.5 Å². The lowest BCUT2D eigenvalue weighted by Gasteiger charge is -2.11. The fourth-order valence-electron chi connectivity index (χ4n) is 1.75. The van der Waals surface area contributed by atoms with E-state index in [0.29, 0.717) is 11.8 Å². The monoisotopic (exact) mass is 303 g/mol. The third-order valence-electron chi connectivity index (χ3n) is 2.84. The largest absolute Gasteiger partial charge is 0.462 e. The summed E-state index contributed by atoms with van der Waals surface area (Å²) in [7, 11) is 0. The van der Waals surface area contributed by atoms with Gasteiger partial charge in [-0.15, -0.1) is 0 Å². The van der Waals surface area contributed by atoms with Crippen LogP contribution >= 0.6 is 11.8 Å². The highest BCUT2D eigenvalue weighted by molar-refractivity contribution is 7.99. The Kier molecular flexibility index (Phi) is 5.16. The molecule has 2 aromatic rings. The van der Waals surface area contributed by atoms with E-state index in [1.54, 1.807) is 6.92 Å². The Balaban J connectivity index is 2.12. The molecule has 1 heterocycles. The molecular weight excluding hydrogens is 286 g/mol. The van der Waals surface area contributed by atoms with Gasteiger partial charge in [0.05, 0.1) is 6.61 Å². The minimum Gasteiger partial charge on any atom is -0.462 e. The van der Waals surface area contributed by atoms with Gasteiger partial charge < -0.3 is 10.5 Å². The second-order valence-electron chi connectivity index (χ2n) is 4.34. The van der Waals surface area contributed by atoms with Crippen molar-refractivity contribution in [1.29, 1.82) is 0 Å². The summed E-state index contributed by atoms with van der Waals surface area (Å²) >= 11 is 1.49. The summed E-state index contributed by atoms with van der Waals surface area (Å²) in [5.41, 5.74) is 7.18. The van der Waals surface area contributed by atoms with Gasteiger partial charge in [-0.3, -0.25) is 0 Å². The number of anilines is 1. The first-order valence-corrected chi connectivity index (χ1v) is 7.51. The molecule has 2 rings (SSSR count). The lowest BCUT2D eigenvalue weighted by atomic mass is 10.2. The molecule has 1 aromatic carbocycles. The van der Waals surface area contributed by atoms with Crippen molar-refractivity contribution in [2.45, 2.75) is 24.3 Å². The van der Waals surface area contributed by atoms with Gasteiger partial charge in [0.1, 0.15) is 11.4 Å². The van der Waals surface area contributed by atoms with Crippen molar-refractivity contribution < 1.29 is 9.53 Å². The minimum absolute atomic E-state index is 0.145. The van der Waals surface area contributed by atoms with Gasteiger partial charge in [-0.05, 0) is 19.4 Å². The molecule has 0 unspecified atom stereocenters. The summed E-state index contributed by atoms with van der Waals surface area (Å²) < 4.78 is 4.89. The van der Waals surface area contributed by atoms with Crippen molar-refractivity contribution in [1.82, 2.24) is 9.97 Å². The second-order valence-corrected chi connectivity index (χ2v) is 5.65. The van der Waals surface area contributed by atoms with Crippen LogP contribution in [0, 0.1) is 0 Å². The SMILES string of the molecule is CCOC(=O)c1cnc(S[C@H](C)c2ccccc2)nc1N. The highest BCUT2D eigenvalue weighted by Gasteiger charge is 2.15. The second kappa shape index (κ2) is 7.08. The molecule has 2 N–H and O–H groups in total. The number of ether oxygens (including phenoxy) is 1. The molecule has 1 aromatic heterocycles. The summed E-state index contributed by atoms with van der Waals surface area (Å²) in [5.74, 6) is -0.353. The van der Waals surface area contributed by atoms with Gasteiger partial charge in [0.15, 0.2) is 5.16 Å². The van der Waals surface area contributed by atoms with Crippen LogP contribution in [-0.2, 0) is 4.74 Å². The molecule has 1 atom stereocenters. The van der Waals surface area contributed by atoms with Gasteiger partial charge in [-0.1, -0.05) is 42.1 Å². The number of nitrogen functional groups attached to an aromatic ring is 1. The highest BCUT2D eigenvalue weighted by atomic mass is 32.2. The third kappa shape index (κ3) is 3.95. The summed E-state index contributed by atoms with van der Waals surface area (Å²) in [4.78, 5) is 20.0. The number of thioether (sulfide) groups is 1. The maximum absolute atomic E-state index is 11.6. The molecule has 0 aliphatic carbocycles. The molecule has 0 aliphatic rings. The van der Waals surface area contributed by atoms with Gasteiger partial charge in [-0.2, -0.15) is 0 Å². The number of hydrogen-bond donors (Lipinski definition) is 1. The van der Waals surface area contributed by atoms with Gasteiger partial charge in [0.2, 0.25) is 0 Å². The van der Waals surface area contributed by atoms with Crippen LogP contribution in [0.15, 0.2) is 41.7 Å². The number of hydrogen-bond acceptors (Lipinski definition) is 6. The van der Waals surface area contributed by atoms with Crippen LogP contribution in [0.2, 0.25) is 0 Å². The van der Waals surface area contributed by atoms with E-state index in [1.807, 2.05) is 30.3 Å². The first-order chi connectivity index (χ1) is 10.1. The van der Waals surface area contributed by atoms with Gasteiger partial charge in [0, 0.05) is 11.4 Å². The van der Waals surface area contributed by atoms with E-state index < -0.39 is 5.97 Å². The summed E-state index contributed by atoms with van der Waals surface area (Å²) in [6.45, 7) is 4.10. The fraction of sp³-hybridized carbons (Fsp3) is 0.267. The van der Waals surface area contributed by atoms with E-state index in [1.165, 1.54) is 23.5 Å². The van der Waals surface area contributed by atoms with Crippen molar-refractivity contribution in [3.05, 3.63) is 47.7 Å². The number of aromatic nitrogens is 2.